The second kappa shape index (κ2) is 6.35. The second-order valence-corrected chi connectivity index (χ2v) is 4.64. The number of benzene rings is 1. The van der Waals surface area contributed by atoms with Crippen LogP contribution in [0.25, 0.3) is 0 Å². The van der Waals surface area contributed by atoms with E-state index >= 15 is 0 Å². The monoisotopic (exact) mass is 251 g/mol. The van der Waals surface area contributed by atoms with Gasteiger partial charge < -0.3 is 5.32 Å². The molecule has 0 saturated heterocycles. The first-order chi connectivity index (χ1) is 8.45. The molecule has 0 heterocycles. The molecule has 0 unspecified atom stereocenters. The van der Waals surface area contributed by atoms with E-state index in [0.29, 0.717) is 12.6 Å². The Morgan fingerprint density at radius 3 is 2.61 bits per heavy atom. The summed E-state index contributed by atoms with van der Waals surface area (Å²) in [5.41, 5.74) is 2.07. The summed E-state index contributed by atoms with van der Waals surface area (Å²) >= 11 is 0. The minimum atomic E-state index is -0.353. The minimum Gasteiger partial charge on any atom is -0.385 e. The third-order valence-electron chi connectivity index (χ3n) is 2.97. The molecule has 0 radical (unpaired) electrons. The molecule has 0 saturated carbocycles. The molecule has 0 amide bonds. The Balaban J connectivity index is 3.03. The topological polar surface area (TPSA) is 58.4 Å². The quantitative estimate of drug-likeness (QED) is 0.624. The van der Waals surface area contributed by atoms with Gasteiger partial charge in [0.1, 0.15) is 0 Å². The molecule has 1 rings (SSSR count). The zero-order valence-electron chi connectivity index (χ0n) is 11.4. The molecule has 1 N–H and O–H groups in total. The number of hydrogen-bond donors (Lipinski definition) is 1. The van der Waals surface area contributed by atoms with Crippen LogP contribution in [0.3, 0.4) is 0 Å². The van der Waals surface area contributed by atoms with Crippen molar-refractivity contribution in [2.75, 3.05) is 18.9 Å². The van der Waals surface area contributed by atoms with E-state index in [-0.39, 0.29) is 10.6 Å². The van der Waals surface area contributed by atoms with Crippen LogP contribution in [-0.4, -0.2) is 29.5 Å². The number of nitrogens with zero attached hydrogens (tertiary/aromatic N) is 2. The lowest BCUT2D eigenvalue weighted by atomic mass is 10.1. The van der Waals surface area contributed by atoms with Crippen LogP contribution in [-0.2, 0) is 6.54 Å². The largest absolute Gasteiger partial charge is 0.385 e. The molecular formula is C13H21N3O2. The number of nitro benzene ring substituents is 1. The summed E-state index contributed by atoms with van der Waals surface area (Å²) in [4.78, 5) is 12.6. The van der Waals surface area contributed by atoms with Gasteiger partial charge in [0.15, 0.2) is 0 Å². The van der Waals surface area contributed by atoms with Crippen LogP contribution < -0.4 is 5.32 Å². The van der Waals surface area contributed by atoms with Gasteiger partial charge in [0, 0.05) is 37.0 Å². The van der Waals surface area contributed by atoms with Crippen LogP contribution in [0.4, 0.5) is 11.4 Å². The van der Waals surface area contributed by atoms with Crippen molar-refractivity contribution in [3.63, 3.8) is 0 Å². The standard InChI is InChI=1S/C13H21N3O2/c1-5-14-13-7-6-12(16(17)18)8-11(13)9-15(4)10(2)3/h6-8,10,14H,5,9H2,1-4H3. The number of nitrogens with one attached hydrogen (secondary N) is 1. The van der Waals surface area contributed by atoms with Gasteiger partial charge in [-0.25, -0.2) is 0 Å². The minimum absolute atomic E-state index is 0.142. The highest BCUT2D eigenvalue weighted by molar-refractivity contribution is 5.56. The molecule has 0 fully saturated rings. The average Bonchev–Trinajstić information content (AvgIpc) is 2.31. The van der Waals surface area contributed by atoms with Crippen molar-refractivity contribution >= 4 is 11.4 Å². The van der Waals surface area contributed by atoms with E-state index < -0.39 is 0 Å². The highest BCUT2D eigenvalue weighted by atomic mass is 16.6. The Kier molecular flexibility index (Phi) is 5.09. The van der Waals surface area contributed by atoms with Crippen LogP contribution in [0.15, 0.2) is 18.2 Å². The van der Waals surface area contributed by atoms with Gasteiger partial charge in [-0.2, -0.15) is 0 Å². The maximum atomic E-state index is 10.8. The summed E-state index contributed by atoms with van der Waals surface area (Å²) in [7, 11) is 2.01. The predicted octanol–water partition coefficient (Wildman–Crippen LogP) is 2.87. The predicted molar refractivity (Wildman–Crippen MR) is 73.9 cm³/mol. The molecule has 1 aromatic rings. The molecule has 0 bridgehead atoms. The van der Waals surface area contributed by atoms with Gasteiger partial charge >= 0.3 is 0 Å². The first-order valence-corrected chi connectivity index (χ1v) is 6.17. The SMILES string of the molecule is CCNc1ccc([N+](=O)[O-])cc1CN(C)C(C)C. The molecule has 0 aliphatic carbocycles. The van der Waals surface area contributed by atoms with Crippen molar-refractivity contribution in [2.45, 2.75) is 33.4 Å². The lowest BCUT2D eigenvalue weighted by Gasteiger charge is -2.22. The summed E-state index contributed by atoms with van der Waals surface area (Å²) in [5.74, 6) is 0. The van der Waals surface area contributed by atoms with Gasteiger partial charge in [0.05, 0.1) is 4.92 Å². The Bertz CT molecular complexity index is 419. The molecule has 1 aromatic carbocycles. The van der Waals surface area contributed by atoms with Gasteiger partial charge in [0.25, 0.3) is 5.69 Å². The van der Waals surface area contributed by atoms with Gasteiger partial charge in [-0.1, -0.05) is 0 Å². The summed E-state index contributed by atoms with van der Waals surface area (Å²) in [6.07, 6.45) is 0. The van der Waals surface area contributed by atoms with E-state index in [0.717, 1.165) is 17.8 Å². The maximum absolute atomic E-state index is 10.8. The van der Waals surface area contributed by atoms with Crippen LogP contribution >= 0.6 is 0 Å². The summed E-state index contributed by atoms with van der Waals surface area (Å²) in [5, 5.41) is 14.1. The maximum Gasteiger partial charge on any atom is 0.269 e. The zero-order valence-corrected chi connectivity index (χ0v) is 11.4. The molecule has 0 aromatic heterocycles. The molecule has 5 heteroatoms. The molecule has 0 aliphatic heterocycles. The van der Waals surface area contributed by atoms with Crippen LogP contribution in [0.1, 0.15) is 26.3 Å². The van der Waals surface area contributed by atoms with E-state index in [2.05, 4.69) is 24.1 Å². The van der Waals surface area contributed by atoms with Crippen molar-refractivity contribution in [2.24, 2.45) is 0 Å². The normalized spacial score (nSPS) is 11.0. The van der Waals surface area contributed by atoms with Crippen molar-refractivity contribution < 1.29 is 4.92 Å². The molecule has 100 valence electrons. The van der Waals surface area contributed by atoms with Gasteiger partial charge in [0.2, 0.25) is 0 Å². The van der Waals surface area contributed by atoms with E-state index in [1.54, 1.807) is 12.1 Å². The van der Waals surface area contributed by atoms with Gasteiger partial charge in [-0.05, 0) is 39.4 Å². The average molecular weight is 251 g/mol. The Hall–Kier alpha value is -1.62. The Morgan fingerprint density at radius 1 is 1.44 bits per heavy atom. The fourth-order valence-electron chi connectivity index (χ4n) is 1.64. The highest BCUT2D eigenvalue weighted by Crippen LogP contribution is 2.23. The number of rotatable bonds is 6. The first-order valence-electron chi connectivity index (χ1n) is 6.17. The fraction of sp³-hybridized carbons (Fsp3) is 0.538. The second-order valence-electron chi connectivity index (χ2n) is 4.64. The Morgan fingerprint density at radius 2 is 2.11 bits per heavy atom. The first kappa shape index (κ1) is 14.4. The fourth-order valence-corrected chi connectivity index (χ4v) is 1.64. The molecule has 0 aliphatic rings. The molecule has 0 atom stereocenters. The number of anilines is 1. The van der Waals surface area contributed by atoms with Crippen molar-refractivity contribution in [3.05, 3.63) is 33.9 Å². The number of non-ortho nitro benzene ring substituents is 1. The molecule has 18 heavy (non-hydrogen) atoms. The highest BCUT2D eigenvalue weighted by Gasteiger charge is 2.13. The molecular weight excluding hydrogens is 230 g/mol. The van der Waals surface area contributed by atoms with E-state index in [1.807, 2.05) is 14.0 Å². The summed E-state index contributed by atoms with van der Waals surface area (Å²) < 4.78 is 0. The van der Waals surface area contributed by atoms with Crippen LogP contribution in [0, 0.1) is 10.1 Å². The third-order valence-corrected chi connectivity index (χ3v) is 2.97. The Labute approximate surface area is 108 Å². The van der Waals surface area contributed by atoms with Gasteiger partial charge in [-0.15, -0.1) is 0 Å². The zero-order chi connectivity index (χ0) is 13.7. The van der Waals surface area contributed by atoms with Crippen molar-refractivity contribution in [1.82, 2.24) is 4.90 Å². The van der Waals surface area contributed by atoms with E-state index in [9.17, 15) is 10.1 Å². The van der Waals surface area contributed by atoms with E-state index in [4.69, 9.17) is 0 Å². The molecule has 5 nitrogen and oxygen atoms in total. The smallest absolute Gasteiger partial charge is 0.269 e. The van der Waals surface area contributed by atoms with Crippen molar-refractivity contribution in [3.8, 4) is 0 Å². The number of nitro groups is 1. The summed E-state index contributed by atoms with van der Waals surface area (Å²) in [6, 6.07) is 5.37. The van der Waals surface area contributed by atoms with Crippen LogP contribution in [0.2, 0.25) is 0 Å². The third kappa shape index (κ3) is 3.70. The van der Waals surface area contributed by atoms with Crippen molar-refractivity contribution in [1.29, 1.82) is 0 Å². The lowest BCUT2D eigenvalue weighted by molar-refractivity contribution is -0.384. The van der Waals surface area contributed by atoms with Crippen LogP contribution in [0.5, 0.6) is 0 Å². The van der Waals surface area contributed by atoms with Gasteiger partial charge in [-0.3, -0.25) is 15.0 Å². The lowest BCUT2D eigenvalue weighted by Crippen LogP contribution is -2.26. The molecule has 0 spiro atoms. The van der Waals surface area contributed by atoms with E-state index in [1.165, 1.54) is 6.07 Å². The summed E-state index contributed by atoms with van der Waals surface area (Å²) in [6.45, 7) is 7.71. The number of hydrogen-bond acceptors (Lipinski definition) is 4.